The van der Waals surface area contributed by atoms with Crippen LogP contribution in [0.1, 0.15) is 28.7 Å². The van der Waals surface area contributed by atoms with E-state index in [0.717, 1.165) is 23.5 Å². The van der Waals surface area contributed by atoms with Crippen molar-refractivity contribution in [1.29, 1.82) is 0 Å². The zero-order chi connectivity index (χ0) is 20.1. The zero-order valence-corrected chi connectivity index (χ0v) is 17.1. The van der Waals surface area contributed by atoms with Crippen LogP contribution in [0.25, 0.3) is 0 Å². The molecule has 5 nitrogen and oxygen atoms in total. The second-order valence-electron chi connectivity index (χ2n) is 6.70. The van der Waals surface area contributed by atoms with E-state index in [2.05, 4.69) is 29.1 Å². The van der Waals surface area contributed by atoms with Crippen LogP contribution in [0.4, 0.5) is 5.69 Å². The van der Waals surface area contributed by atoms with Gasteiger partial charge >= 0.3 is 0 Å². The highest BCUT2D eigenvalue weighted by Gasteiger charge is 2.18. The summed E-state index contributed by atoms with van der Waals surface area (Å²) in [6.45, 7) is 2.32. The van der Waals surface area contributed by atoms with Gasteiger partial charge in [0, 0.05) is 36.8 Å². The van der Waals surface area contributed by atoms with Gasteiger partial charge in [-0.25, -0.2) is 4.57 Å². The number of carbonyl (C=O) groups excluding carboxylic acids is 1. The molecule has 6 heteroatoms. The summed E-state index contributed by atoms with van der Waals surface area (Å²) in [6.07, 6.45) is 6.35. The molecule has 0 aliphatic carbocycles. The van der Waals surface area contributed by atoms with Crippen LogP contribution in [0.5, 0.6) is 0 Å². The Morgan fingerprint density at radius 1 is 1.14 bits per heavy atom. The molecule has 144 valence electrons. The molecule has 0 aliphatic rings. The molecule has 0 radical (unpaired) electrons. The molecule has 0 N–H and O–H groups in total. The molecule has 3 aromatic rings. The Kier molecular flexibility index (Phi) is 6.26. The Morgan fingerprint density at radius 3 is 2.43 bits per heavy atom. The Balaban J connectivity index is 1.76. The van der Waals surface area contributed by atoms with E-state index in [9.17, 15) is 4.79 Å². The number of anilines is 1. The smallest absolute Gasteiger partial charge is 0.282 e. The molecule has 2 aromatic carbocycles. The molecule has 0 spiro atoms. The summed E-state index contributed by atoms with van der Waals surface area (Å²) in [5.41, 5.74) is 2.81. The number of carbonyl (C=O) groups is 1. The van der Waals surface area contributed by atoms with Gasteiger partial charge in [-0.2, -0.15) is 0 Å². The molecule has 0 unspecified atom stereocenters. The van der Waals surface area contributed by atoms with Gasteiger partial charge in [0.25, 0.3) is 5.82 Å². The van der Waals surface area contributed by atoms with E-state index < -0.39 is 0 Å². The summed E-state index contributed by atoms with van der Waals surface area (Å²) in [7, 11) is 4.03. The van der Waals surface area contributed by atoms with Crippen LogP contribution in [0.2, 0.25) is 5.02 Å². The van der Waals surface area contributed by atoms with E-state index in [-0.39, 0.29) is 12.3 Å². The van der Waals surface area contributed by atoms with Crippen LogP contribution >= 0.6 is 11.6 Å². The van der Waals surface area contributed by atoms with Crippen LogP contribution in [0.15, 0.2) is 66.0 Å². The lowest BCUT2D eigenvalue weighted by Gasteiger charge is -2.11. The zero-order valence-electron chi connectivity index (χ0n) is 16.3. The molecule has 0 saturated heterocycles. The fourth-order valence-corrected chi connectivity index (χ4v) is 3.06. The summed E-state index contributed by atoms with van der Waals surface area (Å²) in [5, 5.41) is 5.19. The van der Waals surface area contributed by atoms with E-state index in [1.165, 1.54) is 0 Å². The third-order valence-electron chi connectivity index (χ3n) is 4.52. The first-order chi connectivity index (χ1) is 13.5. The third-order valence-corrected chi connectivity index (χ3v) is 4.77. The number of hydrogen-bond acceptors (Lipinski definition) is 3. The third kappa shape index (κ3) is 4.67. The van der Waals surface area contributed by atoms with Gasteiger partial charge in [-0.15, -0.1) is 4.68 Å². The van der Waals surface area contributed by atoms with Gasteiger partial charge in [0.2, 0.25) is 5.78 Å². The molecule has 1 aromatic heterocycles. The first-order valence-electron chi connectivity index (χ1n) is 9.18. The maximum atomic E-state index is 12.6. The lowest BCUT2D eigenvalue weighted by molar-refractivity contribution is -0.690. The Labute approximate surface area is 170 Å². The van der Waals surface area contributed by atoms with Crippen molar-refractivity contribution in [3.05, 3.63) is 82.9 Å². The van der Waals surface area contributed by atoms with Crippen molar-refractivity contribution in [2.45, 2.75) is 19.9 Å². The van der Waals surface area contributed by atoms with Crippen molar-refractivity contribution < 1.29 is 9.36 Å². The van der Waals surface area contributed by atoms with Crippen molar-refractivity contribution in [2.24, 2.45) is 5.10 Å². The minimum Gasteiger partial charge on any atom is -0.378 e. The highest BCUT2D eigenvalue weighted by Crippen LogP contribution is 2.12. The van der Waals surface area contributed by atoms with Gasteiger partial charge in [-0.05, 0) is 42.0 Å². The van der Waals surface area contributed by atoms with E-state index in [0.29, 0.717) is 10.6 Å². The van der Waals surface area contributed by atoms with E-state index in [1.807, 2.05) is 54.1 Å². The number of ketones is 1. The lowest BCUT2D eigenvalue weighted by Crippen LogP contribution is -2.40. The molecule has 0 bridgehead atoms. The SMILES string of the molecule is CCc1n(/N=C/c2ccc(N(C)C)cc2)cc[n+]1CC(=O)c1ccc(Cl)cc1. The fraction of sp³-hybridized carbons (Fsp3) is 0.227. The number of halogens is 1. The average molecular weight is 396 g/mol. The number of rotatable bonds is 7. The van der Waals surface area contributed by atoms with Gasteiger partial charge < -0.3 is 4.90 Å². The van der Waals surface area contributed by atoms with Crippen molar-refractivity contribution in [3.8, 4) is 0 Å². The average Bonchev–Trinajstić information content (AvgIpc) is 3.08. The molecular formula is C22H24ClN4O+. The standard InChI is InChI=1S/C22H24ClN4O/c1-4-22-26(16-21(28)18-7-9-19(23)10-8-18)13-14-27(22)24-15-17-5-11-20(12-6-17)25(2)3/h5-15H,4,16H2,1-3H3/q+1/b24-15+. The van der Waals surface area contributed by atoms with Crippen molar-refractivity contribution >= 4 is 29.3 Å². The second-order valence-corrected chi connectivity index (χ2v) is 7.14. The van der Waals surface area contributed by atoms with Crippen molar-refractivity contribution in [2.75, 3.05) is 19.0 Å². The summed E-state index contributed by atoms with van der Waals surface area (Å²) in [6, 6.07) is 15.2. The lowest BCUT2D eigenvalue weighted by atomic mass is 10.1. The van der Waals surface area contributed by atoms with Crippen LogP contribution in [-0.4, -0.2) is 30.8 Å². The highest BCUT2D eigenvalue weighted by atomic mass is 35.5. The minimum absolute atomic E-state index is 0.0392. The molecule has 28 heavy (non-hydrogen) atoms. The van der Waals surface area contributed by atoms with Crippen molar-refractivity contribution in [3.63, 3.8) is 0 Å². The number of benzene rings is 2. The van der Waals surface area contributed by atoms with E-state index >= 15 is 0 Å². The second kappa shape index (κ2) is 8.85. The first-order valence-corrected chi connectivity index (χ1v) is 9.56. The number of aromatic nitrogens is 2. The largest absolute Gasteiger partial charge is 0.378 e. The van der Waals surface area contributed by atoms with E-state index in [4.69, 9.17) is 11.6 Å². The molecule has 0 saturated carbocycles. The van der Waals surface area contributed by atoms with Crippen LogP contribution < -0.4 is 9.47 Å². The molecule has 0 amide bonds. The summed E-state index contributed by atoms with van der Waals surface area (Å²) in [4.78, 5) is 14.6. The normalized spacial score (nSPS) is 11.1. The van der Waals surface area contributed by atoms with Gasteiger partial charge in [-0.1, -0.05) is 35.8 Å². The monoisotopic (exact) mass is 395 g/mol. The number of Topliss-reactive ketones (excluding diaryl/α,β-unsaturated/α-hetero) is 1. The summed E-state index contributed by atoms with van der Waals surface area (Å²) < 4.78 is 3.75. The number of nitrogens with zero attached hydrogens (tertiary/aromatic N) is 4. The molecule has 0 atom stereocenters. The van der Waals surface area contributed by atoms with Gasteiger partial charge in [0.1, 0.15) is 6.20 Å². The summed E-state index contributed by atoms with van der Waals surface area (Å²) >= 11 is 5.90. The molecular weight excluding hydrogens is 372 g/mol. The number of imidazole rings is 1. The Hall–Kier alpha value is -2.92. The predicted octanol–water partition coefficient (Wildman–Crippen LogP) is 3.82. The first kappa shape index (κ1) is 19.8. The van der Waals surface area contributed by atoms with Crippen LogP contribution in [0.3, 0.4) is 0 Å². The predicted molar refractivity (Wildman–Crippen MR) is 114 cm³/mol. The maximum absolute atomic E-state index is 12.6. The number of hydrogen-bond donors (Lipinski definition) is 0. The van der Waals surface area contributed by atoms with Gasteiger partial charge in [0.15, 0.2) is 12.7 Å². The van der Waals surface area contributed by atoms with Crippen LogP contribution in [0, 0.1) is 0 Å². The quantitative estimate of drug-likeness (QED) is 0.346. The van der Waals surface area contributed by atoms with Crippen LogP contribution in [-0.2, 0) is 13.0 Å². The van der Waals surface area contributed by atoms with Gasteiger partial charge in [0.05, 0.1) is 6.21 Å². The molecule has 3 rings (SSSR count). The molecule has 0 aliphatic heterocycles. The van der Waals surface area contributed by atoms with E-state index in [1.54, 1.807) is 24.3 Å². The topological polar surface area (TPSA) is 41.5 Å². The van der Waals surface area contributed by atoms with Gasteiger partial charge in [-0.3, -0.25) is 4.79 Å². The molecule has 1 heterocycles. The maximum Gasteiger partial charge on any atom is 0.282 e. The molecule has 0 fully saturated rings. The highest BCUT2D eigenvalue weighted by molar-refractivity contribution is 6.30. The summed E-state index contributed by atoms with van der Waals surface area (Å²) in [5.74, 6) is 1.00. The Morgan fingerprint density at radius 2 is 1.82 bits per heavy atom. The minimum atomic E-state index is 0.0392. The van der Waals surface area contributed by atoms with Crippen molar-refractivity contribution in [1.82, 2.24) is 4.68 Å². The Bertz CT molecular complexity index is 973. The fourth-order valence-electron chi connectivity index (χ4n) is 2.93.